The van der Waals surface area contributed by atoms with Crippen LogP contribution in [0.4, 0.5) is 0 Å². The number of rotatable bonds is 6. The molecule has 0 saturated carbocycles. The number of amides is 2. The zero-order chi connectivity index (χ0) is 19.2. The van der Waals surface area contributed by atoms with Crippen molar-refractivity contribution in [2.45, 2.75) is 39.2 Å². The van der Waals surface area contributed by atoms with Crippen molar-refractivity contribution in [2.75, 3.05) is 13.1 Å². The van der Waals surface area contributed by atoms with Crippen molar-refractivity contribution in [3.63, 3.8) is 0 Å². The molecule has 2 amide bonds. The molecule has 3 rings (SSSR count). The first-order valence-corrected chi connectivity index (χ1v) is 10.6. The van der Waals surface area contributed by atoms with Crippen LogP contribution in [-0.4, -0.2) is 35.8 Å². The smallest absolute Gasteiger partial charge is 0.262 e. The van der Waals surface area contributed by atoms with Gasteiger partial charge in [-0.05, 0) is 48.1 Å². The van der Waals surface area contributed by atoms with Crippen molar-refractivity contribution in [3.8, 4) is 0 Å². The minimum absolute atomic E-state index is 0.0491. The number of likely N-dealkylation sites (tertiary alicyclic amines) is 1. The number of carbonyl (C=O) groups is 2. The van der Waals surface area contributed by atoms with Crippen molar-refractivity contribution < 1.29 is 9.59 Å². The lowest BCUT2D eigenvalue weighted by Gasteiger charge is -2.35. The monoisotopic (exact) mass is 384 g/mol. The van der Waals surface area contributed by atoms with Gasteiger partial charge >= 0.3 is 0 Å². The van der Waals surface area contributed by atoms with Crippen LogP contribution in [0.3, 0.4) is 0 Å². The van der Waals surface area contributed by atoms with Gasteiger partial charge in [0, 0.05) is 13.1 Å². The van der Waals surface area contributed by atoms with E-state index in [2.05, 4.69) is 29.6 Å². The van der Waals surface area contributed by atoms with Gasteiger partial charge < -0.3 is 10.2 Å². The third-order valence-electron chi connectivity index (χ3n) is 5.26. The van der Waals surface area contributed by atoms with Crippen LogP contribution in [0.5, 0.6) is 0 Å². The second-order valence-electron chi connectivity index (χ2n) is 7.63. The van der Waals surface area contributed by atoms with E-state index in [1.165, 1.54) is 16.9 Å². The van der Waals surface area contributed by atoms with E-state index in [0.29, 0.717) is 10.8 Å². The number of thiophene rings is 1. The lowest BCUT2D eigenvalue weighted by Crippen LogP contribution is -2.53. The predicted molar refractivity (Wildman–Crippen MR) is 110 cm³/mol. The Bertz CT molecular complexity index is 735. The summed E-state index contributed by atoms with van der Waals surface area (Å²) in [5.41, 5.74) is 1.37. The third kappa shape index (κ3) is 5.19. The maximum absolute atomic E-state index is 13.0. The van der Waals surface area contributed by atoms with Crippen molar-refractivity contribution >= 4 is 23.2 Å². The van der Waals surface area contributed by atoms with Crippen LogP contribution in [0.1, 0.15) is 41.9 Å². The van der Waals surface area contributed by atoms with E-state index >= 15 is 0 Å². The van der Waals surface area contributed by atoms with E-state index in [-0.39, 0.29) is 17.7 Å². The number of benzene rings is 1. The van der Waals surface area contributed by atoms with Crippen molar-refractivity contribution in [2.24, 2.45) is 11.8 Å². The van der Waals surface area contributed by atoms with Gasteiger partial charge in [-0.3, -0.25) is 9.59 Å². The van der Waals surface area contributed by atoms with Crippen LogP contribution in [0, 0.1) is 11.8 Å². The second-order valence-corrected chi connectivity index (χ2v) is 8.58. The molecule has 4 nitrogen and oxygen atoms in total. The highest BCUT2D eigenvalue weighted by molar-refractivity contribution is 7.12. The Morgan fingerprint density at radius 3 is 2.41 bits per heavy atom. The maximum Gasteiger partial charge on any atom is 0.262 e. The standard InChI is InChI=1S/C22H28N2O2S/c1-16(2)20(23-21(25)19-9-6-14-27-19)22(26)24-12-10-18(11-13-24)15-17-7-4-3-5-8-17/h3-9,14,16,18,20H,10-13,15H2,1-2H3,(H,23,25). The van der Waals surface area contributed by atoms with Crippen LogP contribution in [0.15, 0.2) is 47.8 Å². The van der Waals surface area contributed by atoms with Gasteiger partial charge in [-0.25, -0.2) is 0 Å². The minimum atomic E-state index is -0.467. The van der Waals surface area contributed by atoms with Crippen LogP contribution in [0.2, 0.25) is 0 Å². The van der Waals surface area contributed by atoms with E-state index in [0.717, 1.165) is 32.4 Å². The summed E-state index contributed by atoms with van der Waals surface area (Å²) in [5.74, 6) is 0.571. The molecule has 0 bridgehead atoms. The van der Waals surface area contributed by atoms with Gasteiger partial charge in [0.15, 0.2) is 0 Å². The molecule has 2 heterocycles. The summed E-state index contributed by atoms with van der Waals surface area (Å²) in [7, 11) is 0. The normalized spacial score (nSPS) is 16.3. The van der Waals surface area contributed by atoms with Gasteiger partial charge in [0.25, 0.3) is 5.91 Å². The fourth-order valence-electron chi connectivity index (χ4n) is 3.64. The van der Waals surface area contributed by atoms with Crippen LogP contribution in [0.25, 0.3) is 0 Å². The summed E-state index contributed by atoms with van der Waals surface area (Å²) < 4.78 is 0. The lowest BCUT2D eigenvalue weighted by molar-refractivity contribution is -0.135. The van der Waals surface area contributed by atoms with Crippen LogP contribution >= 0.6 is 11.3 Å². The van der Waals surface area contributed by atoms with E-state index in [9.17, 15) is 9.59 Å². The predicted octanol–water partition coefficient (Wildman–Crippen LogP) is 3.98. The molecule has 144 valence electrons. The highest BCUT2D eigenvalue weighted by Gasteiger charge is 2.31. The van der Waals surface area contributed by atoms with Gasteiger partial charge in [-0.15, -0.1) is 11.3 Å². The molecule has 1 aromatic carbocycles. The summed E-state index contributed by atoms with van der Waals surface area (Å²) >= 11 is 1.40. The highest BCUT2D eigenvalue weighted by atomic mass is 32.1. The minimum Gasteiger partial charge on any atom is -0.341 e. The van der Waals surface area contributed by atoms with E-state index in [1.54, 1.807) is 6.07 Å². The van der Waals surface area contributed by atoms with Gasteiger partial charge in [0.05, 0.1) is 4.88 Å². The quantitative estimate of drug-likeness (QED) is 0.819. The van der Waals surface area contributed by atoms with Crippen LogP contribution in [-0.2, 0) is 11.2 Å². The van der Waals surface area contributed by atoms with Crippen molar-refractivity contribution in [1.82, 2.24) is 10.2 Å². The summed E-state index contributed by atoms with van der Waals surface area (Å²) in [4.78, 5) is 28.0. The van der Waals surface area contributed by atoms with E-state index in [1.807, 2.05) is 36.3 Å². The van der Waals surface area contributed by atoms with Gasteiger partial charge in [-0.2, -0.15) is 0 Å². The number of piperidine rings is 1. The second kappa shape index (κ2) is 9.18. The molecule has 0 radical (unpaired) electrons. The molecule has 1 saturated heterocycles. The Kier molecular flexibility index (Phi) is 6.67. The molecule has 1 aromatic heterocycles. The number of nitrogens with one attached hydrogen (secondary N) is 1. The Balaban J connectivity index is 1.55. The SMILES string of the molecule is CC(C)C(NC(=O)c1cccs1)C(=O)N1CCC(Cc2ccccc2)CC1. The zero-order valence-corrected chi connectivity index (χ0v) is 16.9. The first-order chi connectivity index (χ1) is 13.0. The van der Waals surface area contributed by atoms with Gasteiger partial charge in [0.1, 0.15) is 6.04 Å². The first kappa shape index (κ1) is 19.6. The Hall–Kier alpha value is -2.14. The lowest BCUT2D eigenvalue weighted by atomic mass is 9.89. The molecule has 2 aromatic rings. The Labute approximate surface area is 165 Å². The van der Waals surface area contributed by atoms with Gasteiger partial charge in [0.2, 0.25) is 5.91 Å². The molecule has 1 N–H and O–H groups in total. The number of hydrogen-bond acceptors (Lipinski definition) is 3. The van der Waals surface area contributed by atoms with Crippen LogP contribution < -0.4 is 5.32 Å². The molecule has 1 unspecified atom stereocenters. The average Bonchev–Trinajstić information content (AvgIpc) is 3.21. The summed E-state index contributed by atoms with van der Waals surface area (Å²) in [6.07, 6.45) is 3.11. The Morgan fingerprint density at radius 2 is 1.81 bits per heavy atom. The number of hydrogen-bond donors (Lipinski definition) is 1. The van der Waals surface area contributed by atoms with E-state index in [4.69, 9.17) is 0 Å². The maximum atomic E-state index is 13.0. The number of carbonyl (C=O) groups excluding carboxylic acids is 2. The molecule has 0 aliphatic carbocycles. The molecule has 1 atom stereocenters. The van der Waals surface area contributed by atoms with Gasteiger partial charge in [-0.1, -0.05) is 50.2 Å². The fraction of sp³-hybridized carbons (Fsp3) is 0.455. The molecule has 5 heteroatoms. The summed E-state index contributed by atoms with van der Waals surface area (Å²) in [5, 5.41) is 4.82. The highest BCUT2D eigenvalue weighted by Crippen LogP contribution is 2.23. The molecule has 0 spiro atoms. The van der Waals surface area contributed by atoms with Crippen molar-refractivity contribution in [1.29, 1.82) is 0 Å². The summed E-state index contributed by atoms with van der Waals surface area (Å²) in [6.45, 7) is 5.52. The third-order valence-corrected chi connectivity index (χ3v) is 6.13. The number of nitrogens with zero attached hydrogens (tertiary/aromatic N) is 1. The molecular formula is C22H28N2O2S. The summed E-state index contributed by atoms with van der Waals surface area (Å²) in [6, 6.07) is 13.7. The van der Waals surface area contributed by atoms with Crippen molar-refractivity contribution in [3.05, 3.63) is 58.3 Å². The first-order valence-electron chi connectivity index (χ1n) is 9.71. The largest absolute Gasteiger partial charge is 0.341 e. The zero-order valence-electron chi connectivity index (χ0n) is 16.1. The molecule has 1 fully saturated rings. The molecule has 1 aliphatic heterocycles. The molecule has 27 heavy (non-hydrogen) atoms. The molecular weight excluding hydrogens is 356 g/mol. The Morgan fingerprint density at radius 1 is 1.11 bits per heavy atom. The van der Waals surface area contributed by atoms with E-state index < -0.39 is 6.04 Å². The topological polar surface area (TPSA) is 49.4 Å². The molecule has 1 aliphatic rings. The average molecular weight is 385 g/mol. The fourth-order valence-corrected chi connectivity index (χ4v) is 4.26.